The highest BCUT2D eigenvalue weighted by atomic mass is 35.5. The van der Waals surface area contributed by atoms with Gasteiger partial charge in [-0.1, -0.05) is 42.6 Å². The average Bonchev–Trinajstić information content (AvgIpc) is 3.01. The van der Waals surface area contributed by atoms with E-state index in [1.165, 1.54) is 4.68 Å². The molecule has 0 atom stereocenters. The average molecular weight is 399 g/mol. The van der Waals surface area contributed by atoms with Gasteiger partial charge in [-0.2, -0.15) is 0 Å². The smallest absolute Gasteiger partial charge is 0.303 e. The van der Waals surface area contributed by atoms with Crippen LogP contribution in [0.3, 0.4) is 0 Å². The molecule has 0 aliphatic rings. The van der Waals surface area contributed by atoms with Gasteiger partial charge < -0.3 is 10.4 Å². The number of carbonyl (C=O) groups excluding carboxylic acids is 1. The summed E-state index contributed by atoms with van der Waals surface area (Å²) >= 11 is 12.4. The number of carbonyl (C=O) groups is 2. The van der Waals surface area contributed by atoms with Gasteiger partial charge in [0.1, 0.15) is 11.5 Å². The molecule has 1 aromatic carbocycles. The largest absolute Gasteiger partial charge is 0.481 e. The molecule has 140 valence electrons. The fourth-order valence-electron chi connectivity index (χ4n) is 2.40. The van der Waals surface area contributed by atoms with Crippen molar-refractivity contribution < 1.29 is 14.7 Å². The molecule has 7 nitrogen and oxygen atoms in total. The zero-order chi connectivity index (χ0) is 19.1. The number of hydrogen-bond acceptors (Lipinski definition) is 4. The number of aromatic nitrogens is 3. The van der Waals surface area contributed by atoms with Gasteiger partial charge in [0.2, 0.25) is 5.82 Å². The summed E-state index contributed by atoms with van der Waals surface area (Å²) in [4.78, 5) is 27.0. The first-order valence-electron chi connectivity index (χ1n) is 8.34. The number of carboxylic acids is 1. The van der Waals surface area contributed by atoms with Crippen molar-refractivity contribution in [2.45, 2.75) is 39.0 Å². The molecule has 0 aliphatic heterocycles. The first kappa shape index (κ1) is 20.2. The van der Waals surface area contributed by atoms with E-state index < -0.39 is 5.97 Å². The molecule has 2 aromatic rings. The molecular formula is C17H20Cl2N4O3. The summed E-state index contributed by atoms with van der Waals surface area (Å²) in [5.41, 5.74) is 0.493. The minimum Gasteiger partial charge on any atom is -0.481 e. The third-order valence-corrected chi connectivity index (χ3v) is 4.31. The van der Waals surface area contributed by atoms with Crippen molar-refractivity contribution in [2.24, 2.45) is 0 Å². The molecule has 9 heteroatoms. The van der Waals surface area contributed by atoms with Crippen LogP contribution < -0.4 is 5.32 Å². The second-order valence-corrected chi connectivity index (χ2v) is 6.46. The van der Waals surface area contributed by atoms with Gasteiger partial charge in [0, 0.05) is 19.4 Å². The molecule has 1 heterocycles. The lowest BCUT2D eigenvalue weighted by Gasteiger charge is -2.08. The number of amides is 1. The van der Waals surface area contributed by atoms with Crippen LogP contribution in [0, 0.1) is 0 Å². The molecular weight excluding hydrogens is 379 g/mol. The van der Waals surface area contributed by atoms with E-state index >= 15 is 0 Å². The maximum absolute atomic E-state index is 12.3. The van der Waals surface area contributed by atoms with E-state index in [-0.39, 0.29) is 18.2 Å². The molecule has 0 unspecified atom stereocenters. The van der Waals surface area contributed by atoms with Gasteiger partial charge in [-0.25, -0.2) is 9.67 Å². The van der Waals surface area contributed by atoms with E-state index in [0.717, 1.165) is 6.42 Å². The summed E-state index contributed by atoms with van der Waals surface area (Å²) in [7, 11) is 0. The number of aryl methyl sites for hydroxylation is 1. The zero-order valence-corrected chi connectivity index (χ0v) is 15.8. The standard InChI is InChI=1S/C17H20Cl2N4O3/c1-2-13-21-16(17(26)20-10-5-3-4-9-14(24)25)22-23(13)15-11(18)7-6-8-12(15)19/h6-8H,2-5,9-10H2,1H3,(H,20,26)(H,24,25). The molecule has 0 aliphatic carbocycles. The first-order chi connectivity index (χ1) is 12.4. The van der Waals surface area contributed by atoms with Crippen molar-refractivity contribution in [3.63, 3.8) is 0 Å². The molecule has 0 spiro atoms. The van der Waals surface area contributed by atoms with Crippen LogP contribution in [0.1, 0.15) is 49.1 Å². The predicted molar refractivity (Wildman–Crippen MR) is 99.2 cm³/mol. The minimum absolute atomic E-state index is 0.0448. The van der Waals surface area contributed by atoms with Crippen LogP contribution >= 0.6 is 23.2 Å². The summed E-state index contributed by atoms with van der Waals surface area (Å²) in [6.07, 6.45) is 2.69. The van der Waals surface area contributed by atoms with Gasteiger partial charge in [0.25, 0.3) is 5.91 Å². The monoisotopic (exact) mass is 398 g/mol. The summed E-state index contributed by atoms with van der Waals surface area (Å²) < 4.78 is 1.49. The molecule has 1 aromatic heterocycles. The van der Waals surface area contributed by atoms with Gasteiger partial charge in [-0.15, -0.1) is 5.10 Å². The van der Waals surface area contributed by atoms with E-state index in [4.69, 9.17) is 28.3 Å². The molecule has 1 amide bonds. The molecule has 0 saturated heterocycles. The Kier molecular flexibility index (Phi) is 7.41. The second-order valence-electron chi connectivity index (χ2n) is 5.65. The number of hydrogen-bond donors (Lipinski definition) is 2. The van der Waals surface area contributed by atoms with Crippen molar-refractivity contribution in [3.05, 3.63) is 39.9 Å². The van der Waals surface area contributed by atoms with Crippen molar-refractivity contribution >= 4 is 35.1 Å². The Balaban J connectivity index is 2.04. The van der Waals surface area contributed by atoms with Crippen molar-refractivity contribution in [1.29, 1.82) is 0 Å². The summed E-state index contributed by atoms with van der Waals surface area (Å²) in [6, 6.07) is 5.12. The van der Waals surface area contributed by atoms with Gasteiger partial charge in [0.05, 0.1) is 10.0 Å². The minimum atomic E-state index is -0.811. The number of benzene rings is 1. The van der Waals surface area contributed by atoms with Crippen molar-refractivity contribution in [3.8, 4) is 5.69 Å². The lowest BCUT2D eigenvalue weighted by Crippen LogP contribution is -2.25. The van der Waals surface area contributed by atoms with Crippen molar-refractivity contribution in [2.75, 3.05) is 6.54 Å². The number of carboxylic acid groups (broad SMARTS) is 1. The molecule has 0 fully saturated rings. The fourth-order valence-corrected chi connectivity index (χ4v) is 2.96. The fraction of sp³-hybridized carbons (Fsp3) is 0.412. The number of para-hydroxylation sites is 1. The quantitative estimate of drug-likeness (QED) is 0.629. The predicted octanol–water partition coefficient (Wildman–Crippen LogP) is 3.51. The van der Waals surface area contributed by atoms with E-state index in [1.54, 1.807) is 18.2 Å². The van der Waals surface area contributed by atoms with Crippen LogP contribution in [0.2, 0.25) is 10.0 Å². The Labute approximate surface area is 161 Å². The second kappa shape index (κ2) is 9.54. The van der Waals surface area contributed by atoms with Crippen LogP contribution in [-0.2, 0) is 11.2 Å². The Hall–Kier alpha value is -2.12. The van der Waals surface area contributed by atoms with E-state index in [2.05, 4.69) is 15.4 Å². The molecule has 0 radical (unpaired) electrons. The van der Waals surface area contributed by atoms with Crippen LogP contribution in [0.4, 0.5) is 0 Å². The molecule has 0 saturated carbocycles. The van der Waals surface area contributed by atoms with Crippen LogP contribution in [0.5, 0.6) is 0 Å². The summed E-state index contributed by atoms with van der Waals surface area (Å²) in [5, 5.41) is 16.4. The molecule has 2 rings (SSSR count). The Bertz CT molecular complexity index is 772. The van der Waals surface area contributed by atoms with E-state index in [9.17, 15) is 9.59 Å². The van der Waals surface area contributed by atoms with Gasteiger partial charge in [-0.3, -0.25) is 9.59 Å². The molecule has 2 N–H and O–H groups in total. The SMILES string of the molecule is CCc1nc(C(=O)NCCCCCC(=O)O)nn1-c1c(Cl)cccc1Cl. The lowest BCUT2D eigenvalue weighted by atomic mass is 10.2. The number of nitrogens with one attached hydrogen (secondary N) is 1. The maximum Gasteiger partial charge on any atom is 0.303 e. The third-order valence-electron chi connectivity index (χ3n) is 3.70. The number of unbranched alkanes of at least 4 members (excludes halogenated alkanes) is 2. The first-order valence-corrected chi connectivity index (χ1v) is 9.10. The highest BCUT2D eigenvalue weighted by Gasteiger charge is 2.19. The van der Waals surface area contributed by atoms with Gasteiger partial charge >= 0.3 is 5.97 Å². The third kappa shape index (κ3) is 5.19. The molecule has 26 heavy (non-hydrogen) atoms. The highest BCUT2D eigenvalue weighted by Crippen LogP contribution is 2.28. The van der Waals surface area contributed by atoms with Gasteiger partial charge in [-0.05, 0) is 25.0 Å². The normalized spacial score (nSPS) is 10.7. The molecule has 0 bridgehead atoms. The van der Waals surface area contributed by atoms with E-state index in [0.29, 0.717) is 47.4 Å². The Morgan fingerprint density at radius 1 is 1.19 bits per heavy atom. The highest BCUT2D eigenvalue weighted by molar-refractivity contribution is 6.37. The topological polar surface area (TPSA) is 97.1 Å². The Morgan fingerprint density at radius 3 is 2.50 bits per heavy atom. The van der Waals surface area contributed by atoms with Gasteiger partial charge in [0.15, 0.2) is 0 Å². The lowest BCUT2D eigenvalue weighted by molar-refractivity contribution is -0.137. The maximum atomic E-state index is 12.3. The van der Waals surface area contributed by atoms with E-state index in [1.807, 2.05) is 6.92 Å². The van der Waals surface area contributed by atoms with Crippen LogP contribution in [-0.4, -0.2) is 38.3 Å². The number of nitrogens with zero attached hydrogens (tertiary/aromatic N) is 3. The van der Waals surface area contributed by atoms with Crippen LogP contribution in [0.25, 0.3) is 5.69 Å². The van der Waals surface area contributed by atoms with Crippen molar-refractivity contribution in [1.82, 2.24) is 20.1 Å². The number of rotatable bonds is 9. The zero-order valence-electron chi connectivity index (χ0n) is 14.3. The Morgan fingerprint density at radius 2 is 1.88 bits per heavy atom. The number of halogens is 2. The summed E-state index contributed by atoms with van der Waals surface area (Å²) in [6.45, 7) is 2.33. The summed E-state index contributed by atoms with van der Waals surface area (Å²) in [5.74, 6) is -0.580. The van der Waals surface area contributed by atoms with Crippen LogP contribution in [0.15, 0.2) is 18.2 Å². The number of aliphatic carboxylic acids is 1.